The number of carbonyl (C=O) groups excluding carboxylic acids is 1. The van der Waals surface area contributed by atoms with Crippen LogP contribution in [0.2, 0.25) is 0 Å². The summed E-state index contributed by atoms with van der Waals surface area (Å²) in [5, 5.41) is 3.02. The van der Waals surface area contributed by atoms with E-state index < -0.39 is 0 Å². The number of nitrogens with one attached hydrogen (secondary N) is 1. The Kier molecular flexibility index (Phi) is 5.20. The lowest BCUT2D eigenvalue weighted by Gasteiger charge is -2.07. The number of hydrogen-bond acceptors (Lipinski definition) is 4. The highest BCUT2D eigenvalue weighted by atomic mass is 16.5. The monoisotopic (exact) mass is 297 g/mol. The molecule has 2 aromatic carbocycles. The number of ketones is 1. The summed E-state index contributed by atoms with van der Waals surface area (Å²) in [7, 11) is 5.03. The van der Waals surface area contributed by atoms with Crippen molar-refractivity contribution in [1.82, 2.24) is 0 Å². The maximum absolute atomic E-state index is 12.2. The number of benzene rings is 2. The molecule has 0 saturated carbocycles. The fraction of sp³-hybridized carbons (Fsp3) is 0.167. The number of rotatable bonds is 6. The number of carbonyl (C=O) groups is 1. The minimum atomic E-state index is -0.0625. The van der Waals surface area contributed by atoms with E-state index >= 15 is 0 Å². The van der Waals surface area contributed by atoms with Crippen LogP contribution in [0, 0.1) is 0 Å². The number of ether oxygens (including phenoxy) is 2. The minimum absolute atomic E-state index is 0.0625. The van der Waals surface area contributed by atoms with Gasteiger partial charge in [-0.3, -0.25) is 4.79 Å². The first-order valence-corrected chi connectivity index (χ1v) is 6.90. The predicted molar refractivity (Wildman–Crippen MR) is 88.9 cm³/mol. The van der Waals surface area contributed by atoms with Crippen LogP contribution in [0.3, 0.4) is 0 Å². The van der Waals surface area contributed by atoms with Gasteiger partial charge in [-0.15, -0.1) is 0 Å². The fourth-order valence-electron chi connectivity index (χ4n) is 2.03. The van der Waals surface area contributed by atoms with Crippen molar-refractivity contribution in [3.05, 3.63) is 59.7 Å². The molecule has 0 aliphatic rings. The van der Waals surface area contributed by atoms with E-state index in [4.69, 9.17) is 9.47 Å². The molecule has 4 nitrogen and oxygen atoms in total. The topological polar surface area (TPSA) is 47.6 Å². The second kappa shape index (κ2) is 7.31. The predicted octanol–water partition coefficient (Wildman–Crippen LogP) is 3.64. The SMILES string of the molecule is CNc1ccc(C(=O)/C=C/c2cc(OC)ccc2OC)cc1. The van der Waals surface area contributed by atoms with Crippen molar-refractivity contribution in [3.63, 3.8) is 0 Å². The van der Waals surface area contributed by atoms with E-state index in [1.165, 1.54) is 6.08 Å². The van der Waals surface area contributed by atoms with Gasteiger partial charge in [0.25, 0.3) is 0 Å². The molecule has 0 aromatic heterocycles. The summed E-state index contributed by atoms with van der Waals surface area (Å²) in [4.78, 5) is 12.2. The molecule has 0 aliphatic carbocycles. The molecule has 0 bridgehead atoms. The summed E-state index contributed by atoms with van der Waals surface area (Å²) in [6, 6.07) is 12.8. The van der Waals surface area contributed by atoms with Gasteiger partial charge in [0.1, 0.15) is 11.5 Å². The lowest BCUT2D eigenvalue weighted by molar-refractivity contribution is 0.104. The molecule has 0 fully saturated rings. The van der Waals surface area contributed by atoms with Crippen LogP contribution in [0.25, 0.3) is 6.08 Å². The summed E-state index contributed by atoms with van der Waals surface area (Å²) in [5.74, 6) is 1.34. The van der Waals surface area contributed by atoms with Gasteiger partial charge >= 0.3 is 0 Å². The highest BCUT2D eigenvalue weighted by Gasteiger charge is 2.05. The number of methoxy groups -OCH3 is 2. The molecule has 0 aliphatic heterocycles. The molecule has 114 valence electrons. The van der Waals surface area contributed by atoms with Gasteiger partial charge < -0.3 is 14.8 Å². The minimum Gasteiger partial charge on any atom is -0.497 e. The summed E-state index contributed by atoms with van der Waals surface area (Å²) in [5.41, 5.74) is 2.40. The molecule has 0 saturated heterocycles. The van der Waals surface area contributed by atoms with Crippen molar-refractivity contribution in [3.8, 4) is 11.5 Å². The van der Waals surface area contributed by atoms with Gasteiger partial charge in [-0.1, -0.05) is 0 Å². The largest absolute Gasteiger partial charge is 0.497 e. The Balaban J connectivity index is 2.21. The fourth-order valence-corrected chi connectivity index (χ4v) is 2.03. The van der Waals surface area contributed by atoms with Crippen molar-refractivity contribution >= 4 is 17.5 Å². The van der Waals surface area contributed by atoms with Crippen LogP contribution in [0.15, 0.2) is 48.5 Å². The zero-order chi connectivity index (χ0) is 15.9. The maximum Gasteiger partial charge on any atom is 0.185 e. The third kappa shape index (κ3) is 3.67. The highest BCUT2D eigenvalue weighted by Crippen LogP contribution is 2.25. The van der Waals surface area contributed by atoms with Crippen LogP contribution in [-0.2, 0) is 0 Å². The van der Waals surface area contributed by atoms with Crippen molar-refractivity contribution in [2.24, 2.45) is 0 Å². The molecule has 22 heavy (non-hydrogen) atoms. The third-order valence-corrected chi connectivity index (χ3v) is 3.31. The molecular formula is C18H19NO3. The second-order valence-corrected chi connectivity index (χ2v) is 4.63. The van der Waals surface area contributed by atoms with Gasteiger partial charge in [0.05, 0.1) is 14.2 Å². The average Bonchev–Trinajstić information content (AvgIpc) is 2.59. The van der Waals surface area contributed by atoms with Gasteiger partial charge in [0.2, 0.25) is 0 Å². The maximum atomic E-state index is 12.2. The molecule has 0 heterocycles. The first-order chi connectivity index (χ1) is 10.7. The van der Waals surface area contributed by atoms with Crippen LogP contribution < -0.4 is 14.8 Å². The normalized spacial score (nSPS) is 10.5. The molecule has 0 amide bonds. The zero-order valence-corrected chi connectivity index (χ0v) is 12.9. The van der Waals surface area contributed by atoms with Crippen molar-refractivity contribution in [2.45, 2.75) is 0 Å². The second-order valence-electron chi connectivity index (χ2n) is 4.63. The van der Waals surface area contributed by atoms with Crippen LogP contribution in [0.4, 0.5) is 5.69 Å². The van der Waals surface area contributed by atoms with Crippen LogP contribution >= 0.6 is 0 Å². The van der Waals surface area contributed by atoms with Gasteiger partial charge in [-0.2, -0.15) is 0 Å². The van der Waals surface area contributed by atoms with E-state index in [1.54, 1.807) is 32.4 Å². The quantitative estimate of drug-likeness (QED) is 0.653. The zero-order valence-electron chi connectivity index (χ0n) is 12.9. The lowest BCUT2D eigenvalue weighted by Crippen LogP contribution is -1.95. The first kappa shape index (κ1) is 15.6. The van der Waals surface area contributed by atoms with Crippen LogP contribution in [0.1, 0.15) is 15.9 Å². The van der Waals surface area contributed by atoms with Crippen LogP contribution in [0.5, 0.6) is 11.5 Å². The van der Waals surface area contributed by atoms with E-state index in [2.05, 4.69) is 5.32 Å². The summed E-state index contributed by atoms with van der Waals surface area (Å²) in [6.45, 7) is 0. The standard InChI is InChI=1S/C18H19NO3/c1-19-15-7-4-13(5-8-15)17(20)10-6-14-12-16(21-2)9-11-18(14)22-3/h4-12,19H,1-3H3/b10-6+. The Bertz CT molecular complexity index is 675. The average molecular weight is 297 g/mol. The Labute approximate surface area is 130 Å². The molecule has 4 heteroatoms. The third-order valence-electron chi connectivity index (χ3n) is 3.31. The van der Waals surface area contributed by atoms with E-state index in [-0.39, 0.29) is 5.78 Å². The van der Waals surface area contributed by atoms with Crippen LogP contribution in [-0.4, -0.2) is 27.1 Å². The molecule has 0 radical (unpaired) electrons. The Morgan fingerprint density at radius 1 is 1.05 bits per heavy atom. The summed E-state index contributed by atoms with van der Waals surface area (Å²) < 4.78 is 10.5. The van der Waals surface area contributed by atoms with E-state index in [0.717, 1.165) is 11.3 Å². The molecule has 0 atom stereocenters. The van der Waals surface area contributed by atoms with E-state index in [9.17, 15) is 4.79 Å². The van der Waals surface area contributed by atoms with Crippen molar-refractivity contribution < 1.29 is 14.3 Å². The molecule has 0 unspecified atom stereocenters. The van der Waals surface area contributed by atoms with E-state index in [1.807, 2.05) is 37.4 Å². The molecule has 1 N–H and O–H groups in total. The lowest BCUT2D eigenvalue weighted by atomic mass is 10.1. The van der Waals surface area contributed by atoms with Gasteiger partial charge in [0.15, 0.2) is 5.78 Å². The van der Waals surface area contributed by atoms with Gasteiger partial charge in [0, 0.05) is 23.9 Å². The number of hydrogen-bond donors (Lipinski definition) is 1. The van der Waals surface area contributed by atoms with Crippen molar-refractivity contribution in [2.75, 3.05) is 26.6 Å². The van der Waals surface area contributed by atoms with Crippen molar-refractivity contribution in [1.29, 1.82) is 0 Å². The Hall–Kier alpha value is -2.75. The molecule has 2 aromatic rings. The number of allylic oxidation sites excluding steroid dienone is 1. The highest BCUT2D eigenvalue weighted by molar-refractivity contribution is 6.07. The van der Waals surface area contributed by atoms with E-state index in [0.29, 0.717) is 17.1 Å². The number of anilines is 1. The molecular weight excluding hydrogens is 278 g/mol. The smallest absolute Gasteiger partial charge is 0.185 e. The first-order valence-electron chi connectivity index (χ1n) is 6.90. The Morgan fingerprint density at radius 3 is 2.36 bits per heavy atom. The molecule has 2 rings (SSSR count). The summed E-state index contributed by atoms with van der Waals surface area (Å²) in [6.07, 6.45) is 3.27. The molecule has 0 spiro atoms. The Morgan fingerprint density at radius 2 is 1.77 bits per heavy atom. The summed E-state index contributed by atoms with van der Waals surface area (Å²) >= 11 is 0. The van der Waals surface area contributed by atoms with Gasteiger partial charge in [-0.05, 0) is 54.6 Å². The van der Waals surface area contributed by atoms with Gasteiger partial charge in [-0.25, -0.2) is 0 Å².